The first-order valence-corrected chi connectivity index (χ1v) is 7.26. The van der Waals surface area contributed by atoms with E-state index >= 15 is 0 Å². The Morgan fingerprint density at radius 3 is 2.55 bits per heavy atom. The summed E-state index contributed by atoms with van der Waals surface area (Å²) in [5, 5.41) is 2.82. The molecule has 4 nitrogen and oxygen atoms in total. The van der Waals surface area contributed by atoms with Crippen LogP contribution in [0.3, 0.4) is 0 Å². The van der Waals surface area contributed by atoms with E-state index in [2.05, 4.69) is 5.16 Å². The standard InChI is InChI=1S/C12H12F3NO3S/c1-12(2)6-10(16-19-12)20(17,18)11(15)8-5-7(13)3-4-9(8)14/h3-5,11H,6H2,1-2H3. The van der Waals surface area contributed by atoms with Crippen molar-refractivity contribution in [2.45, 2.75) is 31.4 Å². The van der Waals surface area contributed by atoms with Gasteiger partial charge < -0.3 is 4.84 Å². The van der Waals surface area contributed by atoms with E-state index < -0.39 is 43.2 Å². The molecule has 20 heavy (non-hydrogen) atoms. The SMILES string of the molecule is CC1(C)CC(S(=O)(=O)C(F)c2cc(F)ccc2F)=NO1. The van der Waals surface area contributed by atoms with Crippen LogP contribution in [0.5, 0.6) is 0 Å². The van der Waals surface area contributed by atoms with Gasteiger partial charge in [-0.05, 0) is 32.0 Å². The van der Waals surface area contributed by atoms with Gasteiger partial charge in [0, 0.05) is 12.0 Å². The number of benzene rings is 1. The van der Waals surface area contributed by atoms with E-state index in [0.717, 1.165) is 6.07 Å². The largest absolute Gasteiger partial charge is 0.389 e. The van der Waals surface area contributed by atoms with Crippen molar-refractivity contribution in [2.75, 3.05) is 0 Å². The van der Waals surface area contributed by atoms with E-state index in [1.165, 1.54) is 0 Å². The summed E-state index contributed by atoms with van der Waals surface area (Å²) in [7, 11) is -4.55. The van der Waals surface area contributed by atoms with Gasteiger partial charge in [0.25, 0.3) is 0 Å². The van der Waals surface area contributed by atoms with Gasteiger partial charge in [0.1, 0.15) is 17.2 Å². The highest BCUT2D eigenvalue weighted by Gasteiger charge is 2.41. The average Bonchev–Trinajstić information content (AvgIpc) is 2.72. The third kappa shape index (κ3) is 2.65. The van der Waals surface area contributed by atoms with Gasteiger partial charge >= 0.3 is 0 Å². The third-order valence-corrected chi connectivity index (χ3v) is 4.45. The molecular formula is C12H12F3NO3S. The summed E-state index contributed by atoms with van der Waals surface area (Å²) in [6.07, 6.45) is -0.132. The normalized spacial score (nSPS) is 19.4. The van der Waals surface area contributed by atoms with Crippen molar-refractivity contribution in [3.05, 3.63) is 35.4 Å². The Kier molecular flexibility index (Phi) is 3.53. The zero-order valence-electron chi connectivity index (χ0n) is 10.7. The molecule has 0 bridgehead atoms. The summed E-state index contributed by atoms with van der Waals surface area (Å²) >= 11 is 0. The Hall–Kier alpha value is -1.57. The average molecular weight is 307 g/mol. The minimum Gasteiger partial charge on any atom is -0.389 e. The molecular weight excluding hydrogens is 295 g/mol. The number of alkyl halides is 1. The van der Waals surface area contributed by atoms with Gasteiger partial charge in [-0.3, -0.25) is 0 Å². The molecule has 0 saturated carbocycles. The molecule has 1 aliphatic rings. The van der Waals surface area contributed by atoms with Gasteiger partial charge in [0.15, 0.2) is 5.04 Å². The maximum absolute atomic E-state index is 14.1. The van der Waals surface area contributed by atoms with Gasteiger partial charge in [-0.2, -0.15) is 0 Å². The zero-order valence-corrected chi connectivity index (χ0v) is 11.5. The van der Waals surface area contributed by atoms with E-state index in [-0.39, 0.29) is 6.42 Å². The van der Waals surface area contributed by atoms with Crippen molar-refractivity contribution in [2.24, 2.45) is 5.16 Å². The minimum absolute atomic E-state index is 0.132. The van der Waals surface area contributed by atoms with E-state index in [4.69, 9.17) is 4.84 Å². The molecule has 0 spiro atoms. The lowest BCUT2D eigenvalue weighted by Gasteiger charge is -2.14. The Morgan fingerprint density at radius 2 is 2.00 bits per heavy atom. The quantitative estimate of drug-likeness (QED) is 0.844. The van der Waals surface area contributed by atoms with Crippen LogP contribution in [0.15, 0.2) is 23.4 Å². The molecule has 8 heteroatoms. The van der Waals surface area contributed by atoms with Gasteiger partial charge in [-0.1, -0.05) is 5.16 Å². The summed E-state index contributed by atoms with van der Waals surface area (Å²) < 4.78 is 64.6. The summed E-state index contributed by atoms with van der Waals surface area (Å²) in [6.45, 7) is 3.16. The highest BCUT2D eigenvalue weighted by atomic mass is 32.2. The first-order chi connectivity index (χ1) is 9.13. The minimum atomic E-state index is -4.55. The first kappa shape index (κ1) is 14.8. The summed E-state index contributed by atoms with van der Waals surface area (Å²) in [4.78, 5) is 4.85. The van der Waals surface area contributed by atoms with Gasteiger partial charge in [-0.15, -0.1) is 0 Å². The van der Waals surface area contributed by atoms with Gasteiger partial charge in [0.2, 0.25) is 15.3 Å². The molecule has 0 fully saturated rings. The summed E-state index contributed by atoms with van der Waals surface area (Å²) in [5.41, 5.74) is -4.48. The van der Waals surface area contributed by atoms with Crippen LogP contribution in [0.1, 0.15) is 31.3 Å². The van der Waals surface area contributed by atoms with Crippen molar-refractivity contribution < 1.29 is 26.4 Å². The second kappa shape index (κ2) is 4.76. The molecule has 0 amide bonds. The second-order valence-corrected chi connectivity index (χ2v) is 7.01. The molecule has 0 radical (unpaired) electrons. The Morgan fingerprint density at radius 1 is 1.35 bits per heavy atom. The van der Waals surface area contributed by atoms with E-state index in [1.807, 2.05) is 0 Å². The lowest BCUT2D eigenvalue weighted by Crippen LogP contribution is -2.25. The first-order valence-electron chi connectivity index (χ1n) is 5.71. The van der Waals surface area contributed by atoms with E-state index in [9.17, 15) is 21.6 Å². The molecule has 1 aliphatic heterocycles. The molecule has 1 aromatic carbocycles. The van der Waals surface area contributed by atoms with Crippen LogP contribution < -0.4 is 0 Å². The molecule has 2 rings (SSSR count). The van der Waals surface area contributed by atoms with Crippen LogP contribution in [0.2, 0.25) is 0 Å². The van der Waals surface area contributed by atoms with Crippen LogP contribution in [-0.4, -0.2) is 19.1 Å². The number of sulfone groups is 1. The fraction of sp³-hybridized carbons (Fsp3) is 0.417. The predicted octanol–water partition coefficient (Wildman–Crippen LogP) is 2.86. The van der Waals surface area contributed by atoms with Crippen LogP contribution in [-0.2, 0) is 14.7 Å². The van der Waals surface area contributed by atoms with Crippen molar-refractivity contribution in [1.29, 1.82) is 0 Å². The number of halogens is 3. The number of hydrogen-bond acceptors (Lipinski definition) is 4. The lowest BCUT2D eigenvalue weighted by molar-refractivity contribution is 0.0123. The molecule has 1 aromatic rings. The van der Waals surface area contributed by atoms with Crippen molar-refractivity contribution in [1.82, 2.24) is 0 Å². The molecule has 0 aromatic heterocycles. The third-order valence-electron chi connectivity index (χ3n) is 2.77. The molecule has 0 saturated heterocycles. The van der Waals surface area contributed by atoms with Crippen LogP contribution in [0.4, 0.5) is 13.2 Å². The fourth-order valence-electron chi connectivity index (χ4n) is 1.73. The van der Waals surface area contributed by atoms with Crippen molar-refractivity contribution >= 4 is 14.9 Å². The summed E-state index contributed by atoms with van der Waals surface area (Å²) in [6, 6.07) is 1.96. The van der Waals surface area contributed by atoms with E-state index in [0.29, 0.717) is 12.1 Å². The maximum atomic E-state index is 14.1. The van der Waals surface area contributed by atoms with Crippen molar-refractivity contribution in [3.63, 3.8) is 0 Å². The van der Waals surface area contributed by atoms with Gasteiger partial charge in [0.05, 0.1) is 0 Å². The molecule has 0 N–H and O–H groups in total. The zero-order chi connectivity index (χ0) is 15.1. The Labute approximate surface area is 114 Å². The van der Waals surface area contributed by atoms with E-state index in [1.54, 1.807) is 13.8 Å². The molecule has 0 aliphatic carbocycles. The van der Waals surface area contributed by atoms with Crippen LogP contribution in [0.25, 0.3) is 0 Å². The molecule has 1 unspecified atom stereocenters. The van der Waals surface area contributed by atoms with Crippen LogP contribution >= 0.6 is 0 Å². The molecule has 1 atom stereocenters. The Balaban J connectivity index is 2.38. The number of oxime groups is 1. The number of rotatable bonds is 2. The maximum Gasteiger partial charge on any atom is 0.234 e. The monoisotopic (exact) mass is 307 g/mol. The topological polar surface area (TPSA) is 55.7 Å². The number of nitrogens with zero attached hydrogens (tertiary/aromatic N) is 1. The molecule has 110 valence electrons. The van der Waals surface area contributed by atoms with Crippen molar-refractivity contribution in [3.8, 4) is 0 Å². The molecule has 1 heterocycles. The Bertz CT molecular complexity index is 671. The smallest absolute Gasteiger partial charge is 0.234 e. The summed E-state index contributed by atoms with van der Waals surface area (Å²) in [5.74, 6) is -2.06. The van der Waals surface area contributed by atoms with Gasteiger partial charge in [-0.25, -0.2) is 21.6 Å². The predicted molar refractivity (Wildman–Crippen MR) is 66.3 cm³/mol. The second-order valence-electron chi connectivity index (χ2n) is 5.04. The highest BCUT2D eigenvalue weighted by Crippen LogP contribution is 2.33. The lowest BCUT2D eigenvalue weighted by atomic mass is 10.1. The van der Waals surface area contributed by atoms with Crippen LogP contribution in [0, 0.1) is 11.6 Å². The fourth-order valence-corrected chi connectivity index (χ4v) is 3.17. The number of hydrogen-bond donors (Lipinski definition) is 0. The highest BCUT2D eigenvalue weighted by molar-refractivity contribution is 8.06.